The fourth-order valence-electron chi connectivity index (χ4n) is 2.22. The zero-order valence-corrected chi connectivity index (χ0v) is 13.4. The lowest BCUT2D eigenvalue weighted by Gasteiger charge is -2.08. The summed E-state index contributed by atoms with van der Waals surface area (Å²) in [6.07, 6.45) is 1.36. The van der Waals surface area contributed by atoms with Crippen LogP contribution >= 0.6 is 11.3 Å². The fourth-order valence-corrected chi connectivity index (χ4v) is 3.06. The zero-order chi connectivity index (χ0) is 16.6. The van der Waals surface area contributed by atoms with Crippen molar-refractivity contribution in [2.75, 3.05) is 5.32 Å². The minimum absolute atomic E-state index is 0.174. The first-order chi connectivity index (χ1) is 10.9. The minimum Gasteiger partial charge on any atom is -0.324 e. The summed E-state index contributed by atoms with van der Waals surface area (Å²) in [5.74, 6) is -0.805. The molecule has 3 aromatic rings. The van der Waals surface area contributed by atoms with Crippen LogP contribution in [0.4, 0.5) is 10.1 Å². The number of fused-ring (bicyclic) bond motifs is 1. The third-order valence-electron chi connectivity index (χ3n) is 3.41. The molecule has 0 fully saturated rings. The summed E-state index contributed by atoms with van der Waals surface area (Å²) in [5.41, 5.74) is 0.595. The van der Waals surface area contributed by atoms with Crippen molar-refractivity contribution < 1.29 is 9.18 Å². The van der Waals surface area contributed by atoms with Crippen LogP contribution in [-0.4, -0.2) is 15.5 Å². The number of benzene rings is 1. The number of aromatic nitrogens is 2. The van der Waals surface area contributed by atoms with Crippen LogP contribution < -0.4 is 10.9 Å². The maximum atomic E-state index is 13.5. The number of rotatable bonds is 3. The Balaban J connectivity index is 1.81. The molecule has 7 heteroatoms. The fraction of sp³-hybridized carbons (Fsp3) is 0.188. The number of anilines is 1. The van der Waals surface area contributed by atoms with Gasteiger partial charge in [-0.25, -0.2) is 9.37 Å². The zero-order valence-electron chi connectivity index (χ0n) is 12.6. The smallest absolute Gasteiger partial charge is 0.262 e. The Morgan fingerprint density at radius 3 is 2.87 bits per heavy atom. The highest BCUT2D eigenvalue weighted by molar-refractivity contribution is 7.18. The lowest BCUT2D eigenvalue weighted by Crippen LogP contribution is -2.27. The van der Waals surface area contributed by atoms with Gasteiger partial charge in [-0.05, 0) is 37.6 Å². The highest BCUT2D eigenvalue weighted by Crippen LogP contribution is 2.19. The minimum atomic E-state index is -0.413. The topological polar surface area (TPSA) is 64.0 Å². The summed E-state index contributed by atoms with van der Waals surface area (Å²) < 4.78 is 14.7. The van der Waals surface area contributed by atoms with E-state index in [2.05, 4.69) is 10.3 Å². The van der Waals surface area contributed by atoms with Gasteiger partial charge in [0.25, 0.3) is 5.56 Å². The van der Waals surface area contributed by atoms with Crippen LogP contribution in [0.25, 0.3) is 10.2 Å². The number of aryl methyl sites for hydroxylation is 2. The third-order valence-corrected chi connectivity index (χ3v) is 4.37. The van der Waals surface area contributed by atoms with Gasteiger partial charge in [-0.15, -0.1) is 11.3 Å². The molecule has 0 saturated heterocycles. The summed E-state index contributed by atoms with van der Waals surface area (Å²) in [5, 5.41) is 3.08. The van der Waals surface area contributed by atoms with E-state index in [4.69, 9.17) is 0 Å². The normalized spacial score (nSPS) is 10.9. The standard InChI is InChI=1S/C16H14FN3O2S/c1-9-3-4-11(6-13(9)17)19-14(21)7-20-8-18-15-12(16(20)22)5-10(2)23-15/h3-6,8H,7H2,1-2H3,(H,19,21). The number of hydrogen-bond donors (Lipinski definition) is 1. The van der Waals surface area contributed by atoms with Crippen molar-refractivity contribution in [1.82, 2.24) is 9.55 Å². The molecule has 0 radical (unpaired) electrons. The van der Waals surface area contributed by atoms with Crippen molar-refractivity contribution in [2.45, 2.75) is 20.4 Å². The number of carbonyl (C=O) groups is 1. The molecule has 5 nitrogen and oxygen atoms in total. The number of nitrogens with zero attached hydrogens (tertiary/aromatic N) is 2. The highest BCUT2D eigenvalue weighted by atomic mass is 32.1. The SMILES string of the molecule is Cc1cc2c(=O)n(CC(=O)Nc3ccc(C)c(F)c3)cnc2s1. The van der Waals surface area contributed by atoms with Crippen LogP contribution in [0, 0.1) is 19.7 Å². The molecule has 0 spiro atoms. The maximum Gasteiger partial charge on any atom is 0.262 e. The molecular weight excluding hydrogens is 317 g/mol. The molecule has 2 aromatic heterocycles. The summed E-state index contributed by atoms with van der Waals surface area (Å²) in [4.78, 5) is 30.2. The number of halogens is 1. The predicted molar refractivity (Wildman–Crippen MR) is 88.4 cm³/mol. The van der Waals surface area contributed by atoms with E-state index in [-0.39, 0.29) is 12.1 Å². The van der Waals surface area contributed by atoms with Gasteiger partial charge in [0.05, 0.1) is 11.7 Å². The Bertz CT molecular complexity index is 962. The van der Waals surface area contributed by atoms with E-state index >= 15 is 0 Å². The van der Waals surface area contributed by atoms with E-state index in [0.29, 0.717) is 21.5 Å². The lowest BCUT2D eigenvalue weighted by atomic mass is 10.2. The average Bonchev–Trinajstić information content (AvgIpc) is 2.87. The molecule has 0 saturated carbocycles. The van der Waals surface area contributed by atoms with Crippen LogP contribution in [0.2, 0.25) is 0 Å². The molecule has 2 heterocycles. The molecule has 1 amide bonds. The quantitative estimate of drug-likeness (QED) is 0.803. The van der Waals surface area contributed by atoms with Crippen molar-refractivity contribution in [3.63, 3.8) is 0 Å². The predicted octanol–water partition coefficient (Wildman–Crippen LogP) is 2.85. The van der Waals surface area contributed by atoms with Crippen molar-refractivity contribution >= 4 is 33.1 Å². The van der Waals surface area contributed by atoms with E-state index in [1.165, 1.54) is 28.3 Å². The number of amides is 1. The van der Waals surface area contributed by atoms with E-state index in [0.717, 1.165) is 4.88 Å². The molecule has 118 valence electrons. The van der Waals surface area contributed by atoms with Crippen molar-refractivity contribution in [3.8, 4) is 0 Å². The molecule has 0 bridgehead atoms. The molecular formula is C16H14FN3O2S. The second-order valence-corrected chi connectivity index (χ2v) is 6.50. The Morgan fingerprint density at radius 1 is 1.35 bits per heavy atom. The molecule has 3 rings (SSSR count). The van der Waals surface area contributed by atoms with E-state index in [1.54, 1.807) is 25.1 Å². The number of nitrogens with one attached hydrogen (secondary N) is 1. The number of thiophene rings is 1. The summed E-state index contributed by atoms with van der Waals surface area (Å²) in [6, 6.07) is 6.21. The molecule has 1 aromatic carbocycles. The summed E-state index contributed by atoms with van der Waals surface area (Å²) in [7, 11) is 0. The van der Waals surface area contributed by atoms with Gasteiger partial charge >= 0.3 is 0 Å². The van der Waals surface area contributed by atoms with E-state index < -0.39 is 11.7 Å². The molecule has 0 unspecified atom stereocenters. The van der Waals surface area contributed by atoms with Gasteiger partial charge in [-0.1, -0.05) is 6.07 Å². The number of hydrogen-bond acceptors (Lipinski definition) is 4. The largest absolute Gasteiger partial charge is 0.324 e. The van der Waals surface area contributed by atoms with Gasteiger partial charge in [-0.2, -0.15) is 0 Å². The third kappa shape index (κ3) is 3.14. The maximum absolute atomic E-state index is 13.5. The van der Waals surface area contributed by atoms with Crippen LogP contribution in [-0.2, 0) is 11.3 Å². The van der Waals surface area contributed by atoms with Gasteiger partial charge in [0, 0.05) is 10.6 Å². The summed E-state index contributed by atoms with van der Waals surface area (Å²) >= 11 is 1.43. The highest BCUT2D eigenvalue weighted by Gasteiger charge is 2.11. The van der Waals surface area contributed by atoms with Crippen molar-refractivity contribution in [3.05, 3.63) is 57.2 Å². The first-order valence-corrected chi connectivity index (χ1v) is 7.77. The van der Waals surface area contributed by atoms with Crippen LogP contribution in [0.1, 0.15) is 10.4 Å². The van der Waals surface area contributed by atoms with E-state index in [9.17, 15) is 14.0 Å². The first-order valence-electron chi connectivity index (χ1n) is 6.95. The molecule has 0 aliphatic rings. The van der Waals surface area contributed by atoms with Crippen LogP contribution in [0.5, 0.6) is 0 Å². The van der Waals surface area contributed by atoms with Gasteiger partial charge in [-0.3, -0.25) is 14.2 Å². The molecule has 0 atom stereocenters. The van der Waals surface area contributed by atoms with Crippen LogP contribution in [0.15, 0.2) is 35.4 Å². The monoisotopic (exact) mass is 331 g/mol. The van der Waals surface area contributed by atoms with Crippen LogP contribution in [0.3, 0.4) is 0 Å². The molecule has 1 N–H and O–H groups in total. The van der Waals surface area contributed by atoms with Gasteiger partial charge < -0.3 is 5.32 Å². The Labute approximate surface area is 135 Å². The van der Waals surface area contributed by atoms with Gasteiger partial charge in [0.2, 0.25) is 5.91 Å². The molecule has 0 aliphatic heterocycles. The Morgan fingerprint density at radius 2 is 2.13 bits per heavy atom. The number of carbonyl (C=O) groups excluding carboxylic acids is 1. The molecule has 0 aliphatic carbocycles. The second kappa shape index (κ2) is 5.92. The van der Waals surface area contributed by atoms with Crippen molar-refractivity contribution in [2.24, 2.45) is 0 Å². The average molecular weight is 331 g/mol. The van der Waals surface area contributed by atoms with E-state index in [1.807, 2.05) is 6.92 Å². The van der Waals surface area contributed by atoms with Crippen molar-refractivity contribution in [1.29, 1.82) is 0 Å². The summed E-state index contributed by atoms with van der Waals surface area (Å²) in [6.45, 7) is 3.37. The first kappa shape index (κ1) is 15.4. The Kier molecular flexibility index (Phi) is 3.96. The Hall–Kier alpha value is -2.54. The van der Waals surface area contributed by atoms with Gasteiger partial charge in [0.1, 0.15) is 17.2 Å². The second-order valence-electron chi connectivity index (χ2n) is 5.27. The molecule has 23 heavy (non-hydrogen) atoms. The van der Waals surface area contributed by atoms with Gasteiger partial charge in [0.15, 0.2) is 0 Å². The lowest BCUT2D eigenvalue weighted by molar-refractivity contribution is -0.116.